The maximum absolute atomic E-state index is 3.81. The molecular formula is C16H30N2. The molecule has 1 N–H and O–H groups in total. The molecule has 0 aromatic heterocycles. The molecule has 2 aliphatic rings. The Labute approximate surface area is 113 Å². The van der Waals surface area contributed by atoms with Crippen molar-refractivity contribution in [2.45, 2.75) is 59.0 Å². The number of allylic oxidation sites excluding steroid dienone is 1. The van der Waals surface area contributed by atoms with E-state index in [1.54, 1.807) is 0 Å². The Kier molecular flexibility index (Phi) is 4.85. The number of nitrogens with one attached hydrogen (secondary N) is 1. The van der Waals surface area contributed by atoms with Gasteiger partial charge in [0.2, 0.25) is 0 Å². The van der Waals surface area contributed by atoms with E-state index in [2.05, 4.69) is 44.0 Å². The Morgan fingerprint density at radius 3 is 2.33 bits per heavy atom. The predicted octanol–water partition coefficient (Wildman–Crippen LogP) is 3.05. The molecule has 1 saturated carbocycles. The van der Waals surface area contributed by atoms with Gasteiger partial charge in [0.1, 0.15) is 0 Å². The van der Waals surface area contributed by atoms with Gasteiger partial charge >= 0.3 is 0 Å². The van der Waals surface area contributed by atoms with Crippen molar-refractivity contribution >= 4 is 0 Å². The summed E-state index contributed by atoms with van der Waals surface area (Å²) in [6.45, 7) is 12.7. The highest BCUT2D eigenvalue weighted by molar-refractivity contribution is 4.99. The molecular weight excluding hydrogens is 220 g/mol. The van der Waals surface area contributed by atoms with Gasteiger partial charge in [-0.2, -0.15) is 0 Å². The molecule has 2 fully saturated rings. The van der Waals surface area contributed by atoms with Crippen molar-refractivity contribution in [1.82, 2.24) is 10.2 Å². The van der Waals surface area contributed by atoms with Crippen LogP contribution in [0.25, 0.3) is 0 Å². The zero-order valence-electron chi connectivity index (χ0n) is 12.6. The summed E-state index contributed by atoms with van der Waals surface area (Å²) in [6, 6.07) is 1.48. The molecule has 1 saturated heterocycles. The van der Waals surface area contributed by atoms with E-state index in [1.807, 2.05) is 0 Å². The second-order valence-corrected chi connectivity index (χ2v) is 6.71. The standard InChI is InChI=1S/C16H30N2/c1-12(2)8-9-17-16-14-6-5-7-15(16)11-18(10-14)13(3)4/h8,13-17H,5-7,9-11H2,1-4H3. The number of likely N-dealkylation sites (tertiary alicyclic amines) is 1. The lowest BCUT2D eigenvalue weighted by Crippen LogP contribution is -2.58. The number of nitrogens with zero attached hydrogens (tertiary/aromatic N) is 1. The van der Waals surface area contributed by atoms with Crippen LogP contribution in [0.15, 0.2) is 11.6 Å². The fraction of sp³-hybridized carbons (Fsp3) is 0.875. The molecule has 1 aliphatic carbocycles. The zero-order chi connectivity index (χ0) is 13.1. The molecule has 0 aromatic carbocycles. The maximum Gasteiger partial charge on any atom is 0.0151 e. The van der Waals surface area contributed by atoms with Crippen LogP contribution in [-0.2, 0) is 0 Å². The van der Waals surface area contributed by atoms with Gasteiger partial charge in [0.05, 0.1) is 0 Å². The molecule has 0 aromatic rings. The molecule has 1 aliphatic heterocycles. The van der Waals surface area contributed by atoms with Crippen molar-refractivity contribution in [1.29, 1.82) is 0 Å². The monoisotopic (exact) mass is 250 g/mol. The van der Waals surface area contributed by atoms with Gasteiger partial charge in [-0.25, -0.2) is 0 Å². The van der Waals surface area contributed by atoms with Gasteiger partial charge in [-0.05, 0) is 52.4 Å². The van der Waals surface area contributed by atoms with E-state index in [0.29, 0.717) is 6.04 Å². The summed E-state index contributed by atoms with van der Waals surface area (Å²) in [6.07, 6.45) is 6.62. The fourth-order valence-electron chi connectivity index (χ4n) is 3.63. The molecule has 0 spiro atoms. The molecule has 2 atom stereocenters. The number of hydrogen-bond acceptors (Lipinski definition) is 2. The fourth-order valence-corrected chi connectivity index (χ4v) is 3.63. The SMILES string of the molecule is CC(C)=CCNC1C2CCCC1CN(C(C)C)C2. The topological polar surface area (TPSA) is 15.3 Å². The Morgan fingerprint density at radius 2 is 1.83 bits per heavy atom. The first-order valence-corrected chi connectivity index (χ1v) is 7.68. The zero-order valence-corrected chi connectivity index (χ0v) is 12.6. The third kappa shape index (κ3) is 3.36. The predicted molar refractivity (Wildman–Crippen MR) is 78.8 cm³/mol. The van der Waals surface area contributed by atoms with Gasteiger partial charge in [0.25, 0.3) is 0 Å². The quantitative estimate of drug-likeness (QED) is 0.772. The second kappa shape index (κ2) is 6.21. The highest BCUT2D eigenvalue weighted by Crippen LogP contribution is 2.35. The van der Waals surface area contributed by atoms with E-state index in [0.717, 1.165) is 24.4 Å². The molecule has 2 unspecified atom stereocenters. The number of piperidine rings is 1. The molecule has 2 nitrogen and oxygen atoms in total. The van der Waals surface area contributed by atoms with Gasteiger partial charge < -0.3 is 10.2 Å². The Bertz CT molecular complexity index is 277. The van der Waals surface area contributed by atoms with Crippen molar-refractivity contribution in [3.05, 3.63) is 11.6 Å². The van der Waals surface area contributed by atoms with Gasteiger partial charge in [-0.3, -0.25) is 0 Å². The largest absolute Gasteiger partial charge is 0.310 e. The lowest BCUT2D eigenvalue weighted by atomic mass is 9.73. The molecule has 0 amide bonds. The minimum Gasteiger partial charge on any atom is -0.310 e. The van der Waals surface area contributed by atoms with E-state index in [-0.39, 0.29) is 0 Å². The number of fused-ring (bicyclic) bond motifs is 2. The summed E-state index contributed by atoms with van der Waals surface area (Å²) in [5.74, 6) is 1.76. The van der Waals surface area contributed by atoms with Crippen LogP contribution in [0.5, 0.6) is 0 Å². The Morgan fingerprint density at radius 1 is 1.22 bits per heavy atom. The average Bonchev–Trinajstić information content (AvgIpc) is 2.27. The van der Waals surface area contributed by atoms with Crippen LogP contribution in [0.3, 0.4) is 0 Å². The Hall–Kier alpha value is -0.340. The van der Waals surface area contributed by atoms with E-state index in [4.69, 9.17) is 0 Å². The molecule has 18 heavy (non-hydrogen) atoms. The lowest BCUT2D eigenvalue weighted by Gasteiger charge is -2.49. The van der Waals surface area contributed by atoms with Crippen molar-refractivity contribution in [3.8, 4) is 0 Å². The van der Waals surface area contributed by atoms with Crippen molar-refractivity contribution < 1.29 is 0 Å². The number of hydrogen-bond donors (Lipinski definition) is 1. The summed E-state index contributed by atoms with van der Waals surface area (Å²) in [7, 11) is 0. The van der Waals surface area contributed by atoms with Crippen LogP contribution in [-0.4, -0.2) is 36.6 Å². The van der Waals surface area contributed by atoms with E-state index in [9.17, 15) is 0 Å². The minimum absolute atomic E-state index is 0.715. The summed E-state index contributed by atoms with van der Waals surface area (Å²) in [5, 5.41) is 3.81. The third-order valence-corrected chi connectivity index (χ3v) is 4.70. The van der Waals surface area contributed by atoms with Crippen LogP contribution in [0.2, 0.25) is 0 Å². The van der Waals surface area contributed by atoms with Crippen molar-refractivity contribution in [2.75, 3.05) is 19.6 Å². The summed E-state index contributed by atoms with van der Waals surface area (Å²) in [5.41, 5.74) is 1.42. The first-order chi connectivity index (χ1) is 8.58. The normalized spacial score (nSPS) is 32.6. The van der Waals surface area contributed by atoms with E-state index in [1.165, 1.54) is 37.9 Å². The maximum atomic E-state index is 3.81. The van der Waals surface area contributed by atoms with Crippen molar-refractivity contribution in [2.24, 2.45) is 11.8 Å². The van der Waals surface area contributed by atoms with E-state index < -0.39 is 0 Å². The first kappa shape index (κ1) is 14.1. The highest BCUT2D eigenvalue weighted by atomic mass is 15.2. The Balaban J connectivity index is 1.93. The van der Waals surface area contributed by atoms with Crippen LogP contribution < -0.4 is 5.32 Å². The van der Waals surface area contributed by atoms with Gasteiger partial charge in [-0.1, -0.05) is 18.1 Å². The minimum atomic E-state index is 0.715. The molecule has 2 rings (SSSR count). The van der Waals surface area contributed by atoms with Gasteiger partial charge in [0.15, 0.2) is 0 Å². The first-order valence-electron chi connectivity index (χ1n) is 7.68. The van der Waals surface area contributed by atoms with Crippen molar-refractivity contribution in [3.63, 3.8) is 0 Å². The summed E-state index contributed by atoms with van der Waals surface area (Å²) >= 11 is 0. The molecule has 1 heterocycles. The average molecular weight is 250 g/mol. The van der Waals surface area contributed by atoms with Crippen LogP contribution in [0.1, 0.15) is 47.0 Å². The van der Waals surface area contributed by atoms with Crippen LogP contribution in [0.4, 0.5) is 0 Å². The van der Waals surface area contributed by atoms with Crippen LogP contribution >= 0.6 is 0 Å². The van der Waals surface area contributed by atoms with E-state index >= 15 is 0 Å². The lowest BCUT2D eigenvalue weighted by molar-refractivity contribution is 0.0311. The third-order valence-electron chi connectivity index (χ3n) is 4.70. The molecule has 104 valence electrons. The second-order valence-electron chi connectivity index (χ2n) is 6.71. The summed E-state index contributed by atoms with van der Waals surface area (Å²) < 4.78 is 0. The molecule has 0 radical (unpaired) electrons. The molecule has 2 bridgehead atoms. The molecule has 2 heteroatoms. The van der Waals surface area contributed by atoms with Gasteiger partial charge in [-0.15, -0.1) is 0 Å². The van der Waals surface area contributed by atoms with Crippen LogP contribution in [0, 0.1) is 11.8 Å². The van der Waals surface area contributed by atoms with Gasteiger partial charge in [0, 0.05) is 31.7 Å². The highest BCUT2D eigenvalue weighted by Gasteiger charge is 2.39. The smallest absolute Gasteiger partial charge is 0.0151 e. The summed E-state index contributed by atoms with van der Waals surface area (Å²) in [4.78, 5) is 2.69. The number of rotatable bonds is 4.